The molecule has 12 aromatic rings. The van der Waals surface area contributed by atoms with Crippen molar-refractivity contribution >= 4 is 75.3 Å². The first-order valence-electron chi connectivity index (χ1n) is 40.0. The number of benzene rings is 8. The van der Waals surface area contributed by atoms with Crippen molar-refractivity contribution in [2.45, 2.75) is 112 Å². The van der Waals surface area contributed by atoms with E-state index in [4.69, 9.17) is 10.5 Å². The average Bonchev–Trinajstić information content (AvgIpc) is 0.818. The molecule has 0 unspecified atom stereocenters. The van der Waals surface area contributed by atoms with Crippen LogP contribution in [-0.2, 0) is 44.9 Å². The summed E-state index contributed by atoms with van der Waals surface area (Å²) in [5.74, 6) is -7.13. The van der Waals surface area contributed by atoms with Crippen molar-refractivity contribution in [3.63, 3.8) is 0 Å². The van der Waals surface area contributed by atoms with E-state index in [0.29, 0.717) is 75.5 Å². The van der Waals surface area contributed by atoms with Gasteiger partial charge >= 0.3 is 0 Å². The number of Topliss-reactive ketones (excluding diaryl/α,β-unsaturated/α-hetero) is 4. The maximum Gasteiger partial charge on any atom is 0.226 e. The fourth-order valence-corrected chi connectivity index (χ4v) is 13.1. The lowest BCUT2D eigenvalue weighted by molar-refractivity contribution is -0.118. The van der Waals surface area contributed by atoms with E-state index in [9.17, 15) is 77.9 Å². The van der Waals surface area contributed by atoms with Crippen LogP contribution in [0, 0.1) is 59.4 Å². The lowest BCUT2D eigenvalue weighted by Crippen LogP contribution is -2.25. The Hall–Kier alpha value is -14.1. The molecule has 125 heavy (non-hydrogen) atoms. The van der Waals surface area contributed by atoms with Gasteiger partial charge in [0, 0.05) is 122 Å². The minimum absolute atomic E-state index is 0.00851. The number of methoxy groups -OCH3 is 1. The average molecular weight is 1710 g/mol. The highest BCUT2D eigenvalue weighted by molar-refractivity contribution is 6.00. The number of rotatable bonds is 29. The summed E-state index contributed by atoms with van der Waals surface area (Å²) >= 11 is 0. The number of nitrogens with two attached hydrogens (primary N) is 1. The molecule has 646 valence electrons. The van der Waals surface area contributed by atoms with Crippen LogP contribution in [0.2, 0.25) is 0 Å². The first kappa shape index (κ1) is 94.7. The summed E-state index contributed by atoms with van der Waals surface area (Å²) in [4.78, 5) is 118. The van der Waals surface area contributed by atoms with Crippen LogP contribution in [0.3, 0.4) is 0 Å². The molecule has 0 saturated carbocycles. The third-order valence-corrected chi connectivity index (χ3v) is 20.6. The van der Waals surface area contributed by atoms with Gasteiger partial charge in [0.05, 0.1) is 52.1 Å². The molecule has 27 heteroatoms. The molecule has 0 aliphatic heterocycles. The van der Waals surface area contributed by atoms with E-state index in [1.165, 1.54) is 164 Å². The minimum Gasteiger partial charge on any atom is -0.481 e. The van der Waals surface area contributed by atoms with Gasteiger partial charge in [-0.2, -0.15) is 4.39 Å². The summed E-state index contributed by atoms with van der Waals surface area (Å²) in [7, 11) is 7.53. The summed E-state index contributed by atoms with van der Waals surface area (Å²) in [5.41, 5.74) is 13.3. The highest BCUT2D eigenvalue weighted by Gasteiger charge is 2.24. The smallest absolute Gasteiger partial charge is 0.226 e. The van der Waals surface area contributed by atoms with Gasteiger partial charge in [-0.05, 0) is 209 Å². The Morgan fingerprint density at radius 2 is 0.608 bits per heavy atom. The predicted molar refractivity (Wildman–Crippen MR) is 465 cm³/mol. The Balaban J connectivity index is 0.000000189. The number of nitrogens with zero attached hydrogens (tertiary/aromatic N) is 8. The molecule has 0 radical (unpaired) electrons. The monoisotopic (exact) mass is 1710 g/mol. The van der Waals surface area contributed by atoms with Gasteiger partial charge in [0.25, 0.3) is 0 Å². The Labute approximate surface area is 718 Å². The number of hydrogen-bond acceptors (Lipinski definition) is 14. The third-order valence-electron chi connectivity index (χ3n) is 20.6. The Morgan fingerprint density at radius 1 is 0.328 bits per heavy atom. The number of nitrogen functional groups attached to an aromatic ring is 1. The molecule has 18 nitrogen and oxygen atoms in total. The van der Waals surface area contributed by atoms with E-state index < -0.39 is 58.3 Å². The Morgan fingerprint density at radius 3 is 0.856 bits per heavy atom. The fourth-order valence-electron chi connectivity index (χ4n) is 13.1. The van der Waals surface area contributed by atoms with Crippen molar-refractivity contribution < 1.29 is 82.6 Å². The number of ketones is 4. The molecule has 0 bridgehead atoms. The van der Waals surface area contributed by atoms with Gasteiger partial charge in [-0.15, -0.1) is 0 Å². The van der Waals surface area contributed by atoms with Crippen molar-refractivity contribution in [2.75, 3.05) is 60.6 Å². The zero-order chi connectivity index (χ0) is 90.9. The number of hydrogen-bond donors (Lipinski definition) is 1. The molecule has 4 amide bonds. The third kappa shape index (κ3) is 25.3. The van der Waals surface area contributed by atoms with Crippen LogP contribution in [-0.4, -0.2) is 102 Å². The van der Waals surface area contributed by atoms with E-state index in [1.54, 1.807) is 113 Å². The van der Waals surface area contributed by atoms with Crippen molar-refractivity contribution in [1.82, 2.24) is 19.9 Å². The number of halogens is 9. The molecule has 8 aromatic carbocycles. The summed E-state index contributed by atoms with van der Waals surface area (Å²) in [6, 6.07) is 47.8. The van der Waals surface area contributed by atoms with Crippen molar-refractivity contribution in [1.29, 1.82) is 0 Å². The van der Waals surface area contributed by atoms with Crippen LogP contribution in [0.5, 0.6) is 5.88 Å². The van der Waals surface area contributed by atoms with Gasteiger partial charge in [-0.3, -0.25) is 43.3 Å². The highest BCUT2D eigenvalue weighted by Crippen LogP contribution is 2.34. The zero-order valence-corrected chi connectivity index (χ0v) is 70.5. The van der Waals surface area contributed by atoms with Gasteiger partial charge in [0.15, 0.2) is 23.1 Å². The molecule has 4 aromatic heterocycles. The van der Waals surface area contributed by atoms with E-state index in [2.05, 4.69) is 19.9 Å². The lowest BCUT2D eigenvalue weighted by Gasteiger charge is -2.18. The lowest BCUT2D eigenvalue weighted by atomic mass is 9.98. The number of aromatic nitrogens is 4. The first-order valence-corrected chi connectivity index (χ1v) is 40.0. The van der Waals surface area contributed by atoms with Crippen molar-refractivity contribution in [2.24, 2.45) is 0 Å². The van der Waals surface area contributed by atoms with Gasteiger partial charge < -0.3 is 30.1 Å². The van der Waals surface area contributed by atoms with Crippen LogP contribution >= 0.6 is 0 Å². The summed E-state index contributed by atoms with van der Waals surface area (Å²) in [6.45, 7) is 8.67. The number of pyridine rings is 4. The van der Waals surface area contributed by atoms with E-state index in [-0.39, 0.29) is 149 Å². The second-order valence-corrected chi connectivity index (χ2v) is 28.9. The summed E-state index contributed by atoms with van der Waals surface area (Å²) in [5, 5.41) is 0. The molecule has 0 fully saturated rings. The maximum absolute atomic E-state index is 14.7. The molecule has 0 saturated heterocycles. The Bertz CT molecular complexity index is 5740. The molecule has 0 spiro atoms. The highest BCUT2D eigenvalue weighted by atomic mass is 19.2. The zero-order valence-electron chi connectivity index (χ0n) is 70.5. The summed E-state index contributed by atoms with van der Waals surface area (Å²) < 4.78 is 135. The molecule has 12 rings (SSSR count). The van der Waals surface area contributed by atoms with Crippen LogP contribution in [0.1, 0.15) is 148 Å². The topological polar surface area (TPSA) is 236 Å². The fraction of sp³-hybridized carbons (Fsp3) is 0.224. The second kappa shape index (κ2) is 44.6. The number of amides is 4. The van der Waals surface area contributed by atoms with Crippen LogP contribution < -0.4 is 30.1 Å². The molecule has 4 heterocycles. The normalized spacial score (nSPS) is 10.7. The minimum atomic E-state index is -0.739. The Kier molecular flexibility index (Phi) is 33.8. The largest absolute Gasteiger partial charge is 0.481 e. The van der Waals surface area contributed by atoms with E-state index in [1.807, 2.05) is 25.1 Å². The molecular weight excluding hydrogens is 1620 g/mol. The number of ether oxygens (including phenoxy) is 1. The SMILES string of the molecule is CCC(=O)N(C)c1ccc(-c2ccc(C(=O)CCc3ccc(C)nc3)c(F)c2)cc1F.CCC(=O)N(C)c1ccc(-c2ccc(C(=O)CCc3ccc(N)nc3)c(F)c2)cc1F.CCC(=O)N(C)c1ccc(-c2ccc(C(=O)CCc3ccc(OC)nc3)c(F)c2)cc1F.CCC(=O)N(C)c1ccc(-c2ccc(C(=O)CCc3cccnc3F)c(F)c2)cc1F. The van der Waals surface area contributed by atoms with Crippen molar-refractivity contribution in [3.05, 3.63) is 322 Å². The second-order valence-electron chi connectivity index (χ2n) is 28.9. The van der Waals surface area contributed by atoms with Crippen LogP contribution in [0.4, 0.5) is 68.1 Å². The number of carbonyl (C=O) groups is 8. The van der Waals surface area contributed by atoms with E-state index in [0.717, 1.165) is 28.5 Å². The van der Waals surface area contributed by atoms with Gasteiger partial charge in [-0.25, -0.2) is 50.1 Å². The molecular formula is C98H92F9N9O9. The van der Waals surface area contributed by atoms with Gasteiger partial charge in [0.1, 0.15) is 52.4 Å². The van der Waals surface area contributed by atoms with E-state index >= 15 is 0 Å². The standard InChI is InChI=1S/C25H24F2N2O3.C25H24F2N2O2.C24H21F3N2O2.C24H23F2N3O2/c1-4-25(31)29(2)22-10-8-18(14-21(22)27)17-7-9-19(20(26)13-17)23(30)11-5-16-6-12-24(32-3)28-15-16;1-4-25(31)29(3)23-11-9-19(14-22(23)27)18-8-10-20(21(26)13-18)24(30)12-7-17-6-5-16(2)28-15-17;1-3-23(31)29(2)21-10-7-17(14-20(21)26)16-6-9-18(19(25)13-16)22(30)11-8-15-5-4-12-28-24(15)27;1-3-24(31)29(2)21-9-7-17(13-20(21)26)16-6-8-18(19(25)12-16)22(30)10-4-15-5-11-23(27)28-14-15/h6-10,12-15H,4-5,11H2,1-3H3;5-6,8-11,13-15H,4,7,12H2,1-3H3;4-7,9-10,12-14H,3,8,11H2,1-2H3;5-9,11-14H,3-4,10H2,1-2H3,(H2,27,28). The molecule has 0 aliphatic rings. The van der Waals surface area contributed by atoms with Crippen LogP contribution in [0.15, 0.2) is 219 Å². The number of anilines is 5. The number of aryl methyl sites for hydroxylation is 5. The molecule has 0 aliphatic carbocycles. The first-order chi connectivity index (χ1) is 59.7. The maximum atomic E-state index is 14.7. The quantitative estimate of drug-likeness (QED) is 0.0261. The number of carbonyl (C=O) groups excluding carboxylic acids is 8. The van der Waals surface area contributed by atoms with Gasteiger partial charge in [-0.1, -0.05) is 100 Å². The van der Waals surface area contributed by atoms with Crippen LogP contribution in [0.25, 0.3) is 44.5 Å². The molecule has 2 N–H and O–H groups in total. The predicted octanol–water partition coefficient (Wildman–Crippen LogP) is 20.9. The van der Waals surface area contributed by atoms with Gasteiger partial charge in [0.2, 0.25) is 35.5 Å². The molecule has 0 atom stereocenters. The summed E-state index contributed by atoms with van der Waals surface area (Å²) in [6.07, 6.45) is 9.04. The van der Waals surface area contributed by atoms with Crippen molar-refractivity contribution in [3.8, 4) is 50.4 Å².